The molecule has 68 valence electrons. The van der Waals surface area contributed by atoms with Crippen molar-refractivity contribution in [1.29, 1.82) is 0 Å². The van der Waals surface area contributed by atoms with Crippen LogP contribution in [-0.2, 0) is 0 Å². The maximum Gasteiger partial charge on any atom is 0.128 e. The molecular formula is C10H11FN2. The van der Waals surface area contributed by atoms with Gasteiger partial charge >= 0.3 is 0 Å². The maximum atomic E-state index is 13.5. The van der Waals surface area contributed by atoms with Crippen molar-refractivity contribution >= 4 is 5.69 Å². The minimum atomic E-state index is -0.0683. The Morgan fingerprint density at radius 2 is 2.23 bits per heavy atom. The number of benzene rings is 1. The lowest BCUT2D eigenvalue weighted by molar-refractivity contribution is 0.592. The number of hydrogen-bond donors (Lipinski definition) is 2. The maximum absolute atomic E-state index is 13.5. The highest BCUT2D eigenvalue weighted by Gasteiger charge is 2.37. The van der Waals surface area contributed by atoms with Crippen LogP contribution in [0.2, 0.25) is 0 Å². The molecule has 1 fully saturated rings. The van der Waals surface area contributed by atoms with Crippen LogP contribution in [-0.4, -0.2) is 19.1 Å². The van der Waals surface area contributed by atoms with Crippen LogP contribution >= 0.6 is 0 Å². The molecular weight excluding hydrogens is 167 g/mol. The summed E-state index contributed by atoms with van der Waals surface area (Å²) in [6.45, 7) is 1.84. The van der Waals surface area contributed by atoms with Crippen LogP contribution in [0.15, 0.2) is 18.2 Å². The van der Waals surface area contributed by atoms with E-state index in [0.717, 1.165) is 24.3 Å². The Kier molecular flexibility index (Phi) is 1.38. The Bertz CT molecular complexity index is 351. The molecule has 3 heteroatoms. The molecule has 2 atom stereocenters. The van der Waals surface area contributed by atoms with Gasteiger partial charge in [0.2, 0.25) is 0 Å². The molecule has 3 rings (SSSR count). The van der Waals surface area contributed by atoms with E-state index in [1.807, 2.05) is 6.07 Å². The molecule has 1 saturated heterocycles. The first kappa shape index (κ1) is 7.33. The number of anilines is 1. The first-order valence-electron chi connectivity index (χ1n) is 4.62. The van der Waals surface area contributed by atoms with E-state index in [9.17, 15) is 4.39 Å². The van der Waals surface area contributed by atoms with Crippen molar-refractivity contribution in [2.45, 2.75) is 12.0 Å². The second-order valence-corrected chi connectivity index (χ2v) is 3.72. The summed E-state index contributed by atoms with van der Waals surface area (Å²) in [5, 5.41) is 6.60. The summed E-state index contributed by atoms with van der Waals surface area (Å²) < 4.78 is 13.5. The van der Waals surface area contributed by atoms with E-state index in [4.69, 9.17) is 0 Å². The largest absolute Gasteiger partial charge is 0.380 e. The lowest BCUT2D eigenvalue weighted by atomic mass is 9.98. The smallest absolute Gasteiger partial charge is 0.128 e. The molecule has 0 spiro atoms. The van der Waals surface area contributed by atoms with Gasteiger partial charge in [0.1, 0.15) is 5.82 Å². The van der Waals surface area contributed by atoms with E-state index in [2.05, 4.69) is 10.6 Å². The van der Waals surface area contributed by atoms with Crippen molar-refractivity contribution in [3.63, 3.8) is 0 Å². The lowest BCUT2D eigenvalue weighted by Gasteiger charge is -2.07. The number of fused-ring (bicyclic) bond motifs is 3. The van der Waals surface area contributed by atoms with Crippen molar-refractivity contribution in [1.82, 2.24) is 5.32 Å². The average Bonchev–Trinajstić information content (AvgIpc) is 2.62. The zero-order valence-electron chi connectivity index (χ0n) is 7.18. The summed E-state index contributed by atoms with van der Waals surface area (Å²) >= 11 is 0. The molecule has 1 aromatic carbocycles. The summed E-state index contributed by atoms with van der Waals surface area (Å²) in [5.74, 6) is 0.261. The van der Waals surface area contributed by atoms with E-state index in [-0.39, 0.29) is 5.82 Å². The highest BCUT2D eigenvalue weighted by molar-refractivity contribution is 5.60. The molecule has 0 aromatic heterocycles. The predicted octanol–water partition coefficient (Wildman–Crippen LogP) is 1.31. The second kappa shape index (κ2) is 2.45. The minimum Gasteiger partial charge on any atom is -0.380 e. The van der Waals surface area contributed by atoms with Gasteiger partial charge in [-0.25, -0.2) is 4.39 Å². The highest BCUT2D eigenvalue weighted by Crippen LogP contribution is 2.38. The SMILES string of the molecule is Fc1cccc2c1C1CNCC1N2. The Balaban J connectivity index is 2.14. The average molecular weight is 178 g/mol. The number of nitrogens with one attached hydrogen (secondary N) is 2. The molecule has 2 aliphatic rings. The third-order valence-corrected chi connectivity index (χ3v) is 2.98. The van der Waals surface area contributed by atoms with Crippen LogP contribution in [0.3, 0.4) is 0 Å². The zero-order chi connectivity index (χ0) is 8.84. The molecule has 0 amide bonds. The van der Waals surface area contributed by atoms with Crippen LogP contribution < -0.4 is 10.6 Å². The number of rotatable bonds is 0. The monoisotopic (exact) mass is 178 g/mol. The van der Waals surface area contributed by atoms with Gasteiger partial charge in [0.15, 0.2) is 0 Å². The summed E-state index contributed by atoms with van der Waals surface area (Å²) in [4.78, 5) is 0. The third kappa shape index (κ3) is 0.907. The van der Waals surface area contributed by atoms with Gasteiger partial charge in [-0.15, -0.1) is 0 Å². The van der Waals surface area contributed by atoms with Crippen LogP contribution in [0.25, 0.3) is 0 Å². The van der Waals surface area contributed by atoms with Gasteiger partial charge in [-0.1, -0.05) is 6.07 Å². The summed E-state index contributed by atoms with van der Waals surface area (Å²) in [6.07, 6.45) is 0. The molecule has 2 heterocycles. The fourth-order valence-electron chi connectivity index (χ4n) is 2.37. The molecule has 0 radical (unpaired) electrons. The van der Waals surface area contributed by atoms with Crippen LogP contribution in [0.4, 0.5) is 10.1 Å². The van der Waals surface area contributed by atoms with Crippen molar-refractivity contribution in [3.8, 4) is 0 Å². The predicted molar refractivity (Wildman–Crippen MR) is 49.4 cm³/mol. The zero-order valence-corrected chi connectivity index (χ0v) is 7.18. The van der Waals surface area contributed by atoms with Crippen LogP contribution in [0.5, 0.6) is 0 Å². The van der Waals surface area contributed by atoms with E-state index < -0.39 is 0 Å². The van der Waals surface area contributed by atoms with Gasteiger partial charge in [-0.2, -0.15) is 0 Å². The quantitative estimate of drug-likeness (QED) is 0.626. The molecule has 2 nitrogen and oxygen atoms in total. The van der Waals surface area contributed by atoms with E-state index in [0.29, 0.717) is 12.0 Å². The standard InChI is InChI=1S/C10H11FN2/c11-7-2-1-3-8-10(7)6-4-12-5-9(6)13-8/h1-3,6,9,12-13H,4-5H2. The molecule has 0 bridgehead atoms. The highest BCUT2D eigenvalue weighted by atomic mass is 19.1. The topological polar surface area (TPSA) is 24.1 Å². The molecule has 1 aromatic rings. The summed E-state index contributed by atoms with van der Waals surface area (Å²) in [6, 6.07) is 5.65. The molecule has 0 saturated carbocycles. The summed E-state index contributed by atoms with van der Waals surface area (Å²) in [5.41, 5.74) is 1.86. The van der Waals surface area contributed by atoms with Crippen molar-refractivity contribution in [2.24, 2.45) is 0 Å². The molecule has 0 aliphatic carbocycles. The number of halogens is 1. The minimum absolute atomic E-state index is 0.0683. The van der Waals surface area contributed by atoms with Gasteiger partial charge in [0, 0.05) is 36.3 Å². The van der Waals surface area contributed by atoms with Gasteiger partial charge in [-0.05, 0) is 12.1 Å². The molecule has 2 N–H and O–H groups in total. The fourth-order valence-corrected chi connectivity index (χ4v) is 2.37. The first-order chi connectivity index (χ1) is 6.36. The van der Waals surface area contributed by atoms with E-state index >= 15 is 0 Å². The normalized spacial score (nSPS) is 29.6. The van der Waals surface area contributed by atoms with Gasteiger partial charge in [-0.3, -0.25) is 0 Å². The molecule has 2 unspecified atom stereocenters. The van der Waals surface area contributed by atoms with Crippen molar-refractivity contribution in [2.75, 3.05) is 18.4 Å². The fraction of sp³-hybridized carbons (Fsp3) is 0.400. The second-order valence-electron chi connectivity index (χ2n) is 3.72. The Morgan fingerprint density at radius 3 is 3.15 bits per heavy atom. The van der Waals surface area contributed by atoms with Crippen LogP contribution in [0.1, 0.15) is 11.5 Å². The first-order valence-corrected chi connectivity index (χ1v) is 4.62. The van der Waals surface area contributed by atoms with Gasteiger partial charge in [0.05, 0.1) is 0 Å². The van der Waals surface area contributed by atoms with E-state index in [1.165, 1.54) is 0 Å². The Morgan fingerprint density at radius 1 is 1.31 bits per heavy atom. The summed E-state index contributed by atoms with van der Waals surface area (Å²) in [7, 11) is 0. The van der Waals surface area contributed by atoms with Gasteiger partial charge < -0.3 is 10.6 Å². The van der Waals surface area contributed by atoms with Crippen molar-refractivity contribution < 1.29 is 4.39 Å². The molecule has 2 aliphatic heterocycles. The number of hydrogen-bond acceptors (Lipinski definition) is 2. The molecule has 13 heavy (non-hydrogen) atoms. The van der Waals surface area contributed by atoms with Crippen LogP contribution in [0, 0.1) is 5.82 Å². The van der Waals surface area contributed by atoms with Gasteiger partial charge in [0.25, 0.3) is 0 Å². The lowest BCUT2D eigenvalue weighted by Crippen LogP contribution is -2.20. The van der Waals surface area contributed by atoms with E-state index in [1.54, 1.807) is 12.1 Å². The Hall–Kier alpha value is -1.09. The third-order valence-electron chi connectivity index (χ3n) is 2.98. The Labute approximate surface area is 76.1 Å². The van der Waals surface area contributed by atoms with Crippen molar-refractivity contribution in [3.05, 3.63) is 29.6 Å².